The molecule has 0 unspecified atom stereocenters. The fourth-order valence-corrected chi connectivity index (χ4v) is 2.30. The predicted octanol–water partition coefficient (Wildman–Crippen LogP) is 1.44. The first kappa shape index (κ1) is 15.0. The lowest BCUT2D eigenvalue weighted by Gasteiger charge is -2.22. The Morgan fingerprint density at radius 1 is 1.33 bits per heavy atom. The minimum atomic E-state index is -0.955. The van der Waals surface area contributed by atoms with E-state index >= 15 is 0 Å². The van der Waals surface area contributed by atoms with Gasteiger partial charge in [0, 0.05) is 18.8 Å². The Balaban J connectivity index is 2.38. The maximum Gasteiger partial charge on any atom is 0.311 e. The van der Waals surface area contributed by atoms with Crippen LogP contribution in [0.2, 0.25) is 0 Å². The summed E-state index contributed by atoms with van der Waals surface area (Å²) in [5, 5.41) is 20.1. The van der Waals surface area contributed by atoms with Crippen LogP contribution >= 0.6 is 0 Å². The van der Waals surface area contributed by atoms with Gasteiger partial charge in [0.25, 0.3) is 0 Å². The number of aromatic nitrogens is 4. The number of hydrogen-bond donors (Lipinski definition) is 1. The molecule has 0 saturated carbocycles. The molecule has 7 nitrogen and oxygen atoms in total. The second kappa shape index (κ2) is 6.34. The molecule has 0 fully saturated rings. The molecule has 0 spiro atoms. The average molecular weight is 289 g/mol. The van der Waals surface area contributed by atoms with Crippen LogP contribution in [-0.2, 0) is 11.2 Å². The minimum absolute atomic E-state index is 0.204. The number of carboxylic acids is 1. The molecule has 0 bridgehead atoms. The van der Waals surface area contributed by atoms with Gasteiger partial charge in [0.1, 0.15) is 6.42 Å². The summed E-state index contributed by atoms with van der Waals surface area (Å²) in [7, 11) is 0. The van der Waals surface area contributed by atoms with Crippen molar-refractivity contribution in [2.75, 3.05) is 18.0 Å². The fraction of sp³-hybridized carbons (Fsp3) is 0.429. The van der Waals surface area contributed by atoms with Crippen molar-refractivity contribution in [3.63, 3.8) is 0 Å². The summed E-state index contributed by atoms with van der Waals surface area (Å²) in [5.41, 5.74) is 2.93. The quantitative estimate of drug-likeness (QED) is 0.866. The summed E-state index contributed by atoms with van der Waals surface area (Å²) in [4.78, 5) is 13.1. The van der Waals surface area contributed by atoms with Crippen molar-refractivity contribution in [3.05, 3.63) is 29.6 Å². The van der Waals surface area contributed by atoms with Crippen LogP contribution < -0.4 is 4.90 Å². The third-order valence-electron chi connectivity index (χ3n) is 3.38. The Kier molecular flexibility index (Phi) is 4.52. The Morgan fingerprint density at radius 2 is 2.05 bits per heavy atom. The Hall–Kier alpha value is -2.44. The van der Waals surface area contributed by atoms with Crippen molar-refractivity contribution in [1.29, 1.82) is 0 Å². The topological polar surface area (TPSA) is 84.1 Å². The normalized spacial score (nSPS) is 10.6. The number of anilines is 1. The van der Waals surface area contributed by atoms with Crippen LogP contribution in [0.4, 0.5) is 5.69 Å². The van der Waals surface area contributed by atoms with Crippen LogP contribution in [0.1, 0.15) is 25.2 Å². The van der Waals surface area contributed by atoms with Gasteiger partial charge in [-0.2, -0.15) is 4.68 Å². The molecule has 1 aromatic heterocycles. The number of aliphatic carboxylic acids is 1. The van der Waals surface area contributed by atoms with Gasteiger partial charge < -0.3 is 10.0 Å². The number of carboxylic acid groups (broad SMARTS) is 1. The number of hydrogen-bond acceptors (Lipinski definition) is 5. The molecule has 1 N–H and O–H groups in total. The Labute approximate surface area is 123 Å². The molecule has 2 rings (SSSR count). The van der Waals surface area contributed by atoms with Gasteiger partial charge in [-0.15, -0.1) is 5.10 Å². The third kappa shape index (κ3) is 3.18. The average Bonchev–Trinajstić information content (AvgIpc) is 2.87. The lowest BCUT2D eigenvalue weighted by molar-refractivity contribution is -0.136. The van der Waals surface area contributed by atoms with Gasteiger partial charge in [0.05, 0.1) is 5.69 Å². The van der Waals surface area contributed by atoms with Gasteiger partial charge in [0.2, 0.25) is 0 Å². The Bertz CT molecular complexity index is 634. The first-order chi connectivity index (χ1) is 10.1. The Morgan fingerprint density at radius 3 is 2.62 bits per heavy atom. The molecule has 7 heteroatoms. The summed E-state index contributed by atoms with van der Waals surface area (Å²) in [5.74, 6) is -0.635. The van der Waals surface area contributed by atoms with Crippen LogP contribution in [0.25, 0.3) is 5.69 Å². The van der Waals surface area contributed by atoms with E-state index in [2.05, 4.69) is 40.3 Å². The first-order valence-electron chi connectivity index (χ1n) is 6.91. The SMILES string of the molecule is CCN(CC)c1ccc(-n2nnnc2CC(=O)O)c(C)c1. The first-order valence-corrected chi connectivity index (χ1v) is 6.91. The highest BCUT2D eigenvalue weighted by Gasteiger charge is 2.14. The van der Waals surface area contributed by atoms with Crippen molar-refractivity contribution in [2.45, 2.75) is 27.2 Å². The lowest BCUT2D eigenvalue weighted by atomic mass is 10.1. The van der Waals surface area contributed by atoms with Crippen LogP contribution in [0.3, 0.4) is 0 Å². The zero-order valence-corrected chi connectivity index (χ0v) is 12.4. The second-order valence-corrected chi connectivity index (χ2v) is 4.72. The van der Waals surface area contributed by atoms with Crippen molar-refractivity contribution in [3.8, 4) is 5.69 Å². The monoisotopic (exact) mass is 289 g/mol. The molecule has 1 heterocycles. The molecular weight excluding hydrogens is 270 g/mol. The molecule has 0 saturated heterocycles. The molecule has 0 aliphatic carbocycles. The number of carbonyl (C=O) groups is 1. The zero-order valence-electron chi connectivity index (χ0n) is 12.4. The number of rotatable bonds is 6. The maximum absolute atomic E-state index is 10.8. The molecule has 21 heavy (non-hydrogen) atoms. The molecule has 0 atom stereocenters. The van der Waals surface area contributed by atoms with E-state index in [1.54, 1.807) is 0 Å². The lowest BCUT2D eigenvalue weighted by Crippen LogP contribution is -2.22. The summed E-state index contributed by atoms with van der Waals surface area (Å²) in [6.45, 7) is 8.06. The summed E-state index contributed by atoms with van der Waals surface area (Å²) >= 11 is 0. The van der Waals surface area contributed by atoms with E-state index in [0.29, 0.717) is 5.82 Å². The highest BCUT2D eigenvalue weighted by Crippen LogP contribution is 2.22. The van der Waals surface area contributed by atoms with Gasteiger partial charge in [-0.25, -0.2) is 0 Å². The number of aryl methyl sites for hydroxylation is 1. The van der Waals surface area contributed by atoms with Crippen molar-refractivity contribution in [1.82, 2.24) is 20.2 Å². The van der Waals surface area contributed by atoms with E-state index < -0.39 is 5.97 Å². The second-order valence-electron chi connectivity index (χ2n) is 4.72. The van der Waals surface area contributed by atoms with E-state index in [-0.39, 0.29) is 6.42 Å². The van der Waals surface area contributed by atoms with E-state index in [0.717, 1.165) is 30.0 Å². The number of nitrogens with zero attached hydrogens (tertiary/aromatic N) is 5. The molecule has 0 aliphatic heterocycles. The fourth-order valence-electron chi connectivity index (χ4n) is 2.30. The van der Waals surface area contributed by atoms with E-state index in [4.69, 9.17) is 5.11 Å². The maximum atomic E-state index is 10.8. The summed E-state index contributed by atoms with van der Waals surface area (Å²) < 4.78 is 1.48. The summed E-state index contributed by atoms with van der Waals surface area (Å²) in [6, 6.07) is 5.99. The van der Waals surface area contributed by atoms with Gasteiger partial charge in [-0.05, 0) is 55.0 Å². The molecule has 112 valence electrons. The smallest absolute Gasteiger partial charge is 0.311 e. The molecular formula is C14H19N5O2. The highest BCUT2D eigenvalue weighted by molar-refractivity contribution is 5.69. The molecule has 0 amide bonds. The van der Waals surface area contributed by atoms with Crippen LogP contribution in [0.5, 0.6) is 0 Å². The predicted molar refractivity (Wildman–Crippen MR) is 78.8 cm³/mol. The van der Waals surface area contributed by atoms with Crippen molar-refractivity contribution in [2.24, 2.45) is 0 Å². The van der Waals surface area contributed by atoms with Crippen LogP contribution in [0, 0.1) is 6.92 Å². The standard InChI is InChI=1S/C14H19N5O2/c1-4-18(5-2)11-6-7-12(10(3)8-11)19-13(9-14(20)21)15-16-17-19/h6-8H,4-5,9H2,1-3H3,(H,20,21). The van der Waals surface area contributed by atoms with Crippen LogP contribution in [0.15, 0.2) is 18.2 Å². The van der Waals surface area contributed by atoms with E-state index in [1.165, 1.54) is 4.68 Å². The number of tetrazole rings is 1. The zero-order chi connectivity index (χ0) is 15.4. The molecule has 0 aliphatic rings. The minimum Gasteiger partial charge on any atom is -0.481 e. The molecule has 1 aromatic carbocycles. The van der Waals surface area contributed by atoms with Gasteiger partial charge in [0.15, 0.2) is 5.82 Å². The van der Waals surface area contributed by atoms with Crippen LogP contribution in [-0.4, -0.2) is 44.4 Å². The van der Waals surface area contributed by atoms with E-state index in [9.17, 15) is 4.79 Å². The molecule has 2 aromatic rings. The molecule has 0 radical (unpaired) electrons. The summed E-state index contributed by atoms with van der Waals surface area (Å²) in [6.07, 6.45) is -0.204. The van der Waals surface area contributed by atoms with E-state index in [1.807, 2.05) is 19.1 Å². The largest absolute Gasteiger partial charge is 0.481 e. The van der Waals surface area contributed by atoms with Crippen molar-refractivity contribution < 1.29 is 9.90 Å². The van der Waals surface area contributed by atoms with Gasteiger partial charge in [-0.3, -0.25) is 4.79 Å². The van der Waals surface area contributed by atoms with Gasteiger partial charge in [-0.1, -0.05) is 0 Å². The van der Waals surface area contributed by atoms with Crippen molar-refractivity contribution >= 4 is 11.7 Å². The third-order valence-corrected chi connectivity index (χ3v) is 3.38. The number of benzene rings is 1. The highest BCUT2D eigenvalue weighted by atomic mass is 16.4. The van der Waals surface area contributed by atoms with Gasteiger partial charge >= 0.3 is 5.97 Å².